The molecule has 0 amide bonds. The van der Waals surface area contributed by atoms with Crippen LogP contribution in [-0.2, 0) is 6.42 Å². The van der Waals surface area contributed by atoms with Gasteiger partial charge in [-0.15, -0.1) is 0 Å². The molecule has 0 bridgehead atoms. The molecule has 2 rings (SSSR count). The van der Waals surface area contributed by atoms with Crippen LogP contribution in [0.2, 0.25) is 5.02 Å². The zero-order chi connectivity index (χ0) is 12.8. The summed E-state index contributed by atoms with van der Waals surface area (Å²) in [5.74, 6) is 1.05. The molecular weight excluding hydrogens is 252 g/mol. The van der Waals surface area contributed by atoms with Gasteiger partial charge in [0.05, 0.1) is 5.02 Å². The molecule has 2 heterocycles. The summed E-state index contributed by atoms with van der Waals surface area (Å²) in [7, 11) is 0. The van der Waals surface area contributed by atoms with E-state index in [4.69, 9.17) is 21.9 Å². The molecule has 0 saturated carbocycles. The highest BCUT2D eigenvalue weighted by Crippen LogP contribution is 2.22. The van der Waals surface area contributed by atoms with E-state index in [9.17, 15) is 0 Å². The van der Waals surface area contributed by atoms with E-state index in [0.717, 1.165) is 32.2 Å². The monoisotopic (exact) mass is 266 g/mol. The number of nitrogens with zero attached hydrogens (tertiary/aromatic N) is 3. The molecule has 96 valence electrons. The molecule has 0 spiro atoms. The molecule has 2 aromatic heterocycles. The molecule has 18 heavy (non-hydrogen) atoms. The first-order chi connectivity index (χ1) is 8.81. The van der Waals surface area contributed by atoms with Gasteiger partial charge in [-0.2, -0.15) is 4.98 Å². The fourth-order valence-corrected chi connectivity index (χ4v) is 1.81. The first-order valence-corrected chi connectivity index (χ1v) is 6.32. The Morgan fingerprint density at radius 2 is 2.17 bits per heavy atom. The maximum Gasteiger partial charge on any atom is 0.227 e. The average molecular weight is 267 g/mol. The highest BCUT2D eigenvalue weighted by molar-refractivity contribution is 6.32. The summed E-state index contributed by atoms with van der Waals surface area (Å²) < 4.78 is 5.16. The standard InChI is InChI=1S/C12H15ClN4O/c13-9-5-4-8-15-11(9)12-16-10(18-17-12)6-2-1-3-7-14/h4-5,8H,1-3,6-7,14H2. The van der Waals surface area contributed by atoms with Gasteiger partial charge in [0.15, 0.2) is 0 Å². The third kappa shape index (κ3) is 3.27. The van der Waals surface area contributed by atoms with Crippen molar-refractivity contribution in [3.8, 4) is 11.5 Å². The zero-order valence-electron chi connectivity index (χ0n) is 9.97. The summed E-state index contributed by atoms with van der Waals surface area (Å²) in [6, 6.07) is 3.51. The number of pyridine rings is 1. The number of aromatic nitrogens is 3. The number of rotatable bonds is 6. The normalized spacial score (nSPS) is 10.8. The lowest BCUT2D eigenvalue weighted by Crippen LogP contribution is -1.98. The molecule has 2 aromatic rings. The van der Waals surface area contributed by atoms with Crippen LogP contribution in [0.15, 0.2) is 22.9 Å². The fraction of sp³-hybridized carbons (Fsp3) is 0.417. The predicted molar refractivity (Wildman–Crippen MR) is 69.1 cm³/mol. The van der Waals surface area contributed by atoms with Crippen LogP contribution < -0.4 is 5.73 Å². The second kappa shape index (κ2) is 6.47. The minimum absolute atomic E-state index is 0.439. The molecule has 0 aromatic carbocycles. The number of hydrogen-bond donors (Lipinski definition) is 1. The van der Waals surface area contributed by atoms with Gasteiger partial charge in [0.1, 0.15) is 5.69 Å². The van der Waals surface area contributed by atoms with Crippen molar-refractivity contribution in [1.29, 1.82) is 0 Å². The third-order valence-corrected chi connectivity index (χ3v) is 2.84. The average Bonchev–Trinajstić information content (AvgIpc) is 2.84. The predicted octanol–water partition coefficient (Wildman–Crippen LogP) is 2.46. The van der Waals surface area contributed by atoms with E-state index in [0.29, 0.717) is 22.4 Å². The van der Waals surface area contributed by atoms with E-state index < -0.39 is 0 Å². The molecule has 0 radical (unpaired) electrons. The molecular formula is C12H15ClN4O. The van der Waals surface area contributed by atoms with Gasteiger partial charge in [-0.1, -0.05) is 23.2 Å². The van der Waals surface area contributed by atoms with Crippen molar-refractivity contribution in [3.63, 3.8) is 0 Å². The smallest absolute Gasteiger partial charge is 0.227 e. The van der Waals surface area contributed by atoms with Crippen molar-refractivity contribution in [2.75, 3.05) is 6.54 Å². The van der Waals surface area contributed by atoms with Crippen molar-refractivity contribution in [2.45, 2.75) is 25.7 Å². The molecule has 2 N–H and O–H groups in total. The number of aryl methyl sites for hydroxylation is 1. The number of nitrogens with two attached hydrogens (primary N) is 1. The summed E-state index contributed by atoms with van der Waals surface area (Å²) in [6.07, 6.45) is 5.50. The van der Waals surface area contributed by atoms with Gasteiger partial charge >= 0.3 is 0 Å². The lowest BCUT2D eigenvalue weighted by atomic mass is 10.2. The van der Waals surface area contributed by atoms with Crippen molar-refractivity contribution >= 4 is 11.6 Å². The van der Waals surface area contributed by atoms with E-state index in [1.807, 2.05) is 0 Å². The van der Waals surface area contributed by atoms with E-state index in [1.54, 1.807) is 18.3 Å². The second-order valence-corrected chi connectivity index (χ2v) is 4.35. The molecule has 0 aliphatic rings. The van der Waals surface area contributed by atoms with Crippen LogP contribution in [0.25, 0.3) is 11.5 Å². The van der Waals surface area contributed by atoms with Gasteiger partial charge in [-0.05, 0) is 31.5 Å². The number of halogens is 1. The summed E-state index contributed by atoms with van der Waals surface area (Å²) in [4.78, 5) is 8.42. The molecule has 0 aliphatic carbocycles. The topological polar surface area (TPSA) is 77.8 Å². The van der Waals surface area contributed by atoms with Crippen LogP contribution in [0.5, 0.6) is 0 Å². The number of hydrogen-bond acceptors (Lipinski definition) is 5. The summed E-state index contributed by atoms with van der Waals surface area (Å²) >= 11 is 6.02. The van der Waals surface area contributed by atoms with Crippen molar-refractivity contribution < 1.29 is 4.52 Å². The van der Waals surface area contributed by atoms with E-state index in [-0.39, 0.29) is 0 Å². The first-order valence-electron chi connectivity index (χ1n) is 5.95. The maximum absolute atomic E-state index is 6.02. The molecule has 0 aliphatic heterocycles. The second-order valence-electron chi connectivity index (χ2n) is 3.94. The Labute approximate surface area is 110 Å². The lowest BCUT2D eigenvalue weighted by Gasteiger charge is -1.95. The first kappa shape index (κ1) is 13.0. The summed E-state index contributed by atoms with van der Waals surface area (Å²) in [5, 5.41) is 4.41. The lowest BCUT2D eigenvalue weighted by molar-refractivity contribution is 0.374. The Bertz CT molecular complexity index is 500. The van der Waals surface area contributed by atoms with Crippen LogP contribution in [0.1, 0.15) is 25.2 Å². The van der Waals surface area contributed by atoms with Crippen LogP contribution >= 0.6 is 11.6 Å². The Morgan fingerprint density at radius 3 is 2.94 bits per heavy atom. The zero-order valence-corrected chi connectivity index (χ0v) is 10.7. The van der Waals surface area contributed by atoms with Gasteiger partial charge in [0, 0.05) is 12.6 Å². The van der Waals surface area contributed by atoms with Gasteiger partial charge in [0.2, 0.25) is 11.7 Å². The molecule has 0 unspecified atom stereocenters. The Hall–Kier alpha value is -1.46. The van der Waals surface area contributed by atoms with E-state index in [2.05, 4.69) is 15.1 Å². The highest BCUT2D eigenvalue weighted by Gasteiger charge is 2.12. The van der Waals surface area contributed by atoms with Gasteiger partial charge in [-0.25, -0.2) is 0 Å². The van der Waals surface area contributed by atoms with Crippen LogP contribution in [0.3, 0.4) is 0 Å². The van der Waals surface area contributed by atoms with Gasteiger partial charge in [-0.3, -0.25) is 4.98 Å². The van der Waals surface area contributed by atoms with Gasteiger partial charge in [0.25, 0.3) is 0 Å². The van der Waals surface area contributed by atoms with Crippen LogP contribution in [-0.4, -0.2) is 21.7 Å². The quantitative estimate of drug-likeness (QED) is 0.813. The van der Waals surface area contributed by atoms with E-state index >= 15 is 0 Å². The molecule has 0 saturated heterocycles. The van der Waals surface area contributed by atoms with Crippen LogP contribution in [0, 0.1) is 0 Å². The third-order valence-electron chi connectivity index (χ3n) is 2.53. The summed E-state index contributed by atoms with van der Waals surface area (Å²) in [5.41, 5.74) is 5.98. The minimum atomic E-state index is 0.439. The number of unbranched alkanes of at least 4 members (excludes halogenated alkanes) is 2. The van der Waals surface area contributed by atoms with Crippen LogP contribution in [0.4, 0.5) is 0 Å². The van der Waals surface area contributed by atoms with Crippen molar-refractivity contribution in [1.82, 2.24) is 15.1 Å². The fourth-order valence-electron chi connectivity index (χ4n) is 1.60. The minimum Gasteiger partial charge on any atom is -0.339 e. The van der Waals surface area contributed by atoms with Crippen molar-refractivity contribution in [3.05, 3.63) is 29.2 Å². The molecule has 0 atom stereocenters. The maximum atomic E-state index is 6.02. The molecule has 5 nitrogen and oxygen atoms in total. The summed E-state index contributed by atoms with van der Waals surface area (Å²) in [6.45, 7) is 0.721. The highest BCUT2D eigenvalue weighted by atomic mass is 35.5. The molecule has 6 heteroatoms. The Morgan fingerprint density at radius 1 is 1.28 bits per heavy atom. The molecule has 0 fully saturated rings. The van der Waals surface area contributed by atoms with Crippen molar-refractivity contribution in [2.24, 2.45) is 5.73 Å². The Kier molecular flexibility index (Phi) is 4.66. The Balaban J connectivity index is 2.00. The van der Waals surface area contributed by atoms with Gasteiger partial charge < -0.3 is 10.3 Å². The largest absolute Gasteiger partial charge is 0.339 e. The SMILES string of the molecule is NCCCCCc1nc(-c2ncccc2Cl)no1. The van der Waals surface area contributed by atoms with E-state index in [1.165, 1.54) is 0 Å².